The molecule has 1 aromatic carbocycles. The Balaban J connectivity index is 2.73. The van der Waals surface area contributed by atoms with E-state index in [4.69, 9.17) is 0 Å². The molecule has 0 radical (unpaired) electrons. The van der Waals surface area contributed by atoms with E-state index in [1.165, 1.54) is 4.31 Å². The molecule has 0 aromatic heterocycles. The second kappa shape index (κ2) is 11.4. The van der Waals surface area contributed by atoms with Gasteiger partial charge in [0.05, 0.1) is 5.75 Å². The van der Waals surface area contributed by atoms with Crippen LogP contribution in [0.25, 0.3) is 0 Å². The van der Waals surface area contributed by atoms with Crippen LogP contribution in [0.4, 0.5) is 22.0 Å². The van der Waals surface area contributed by atoms with Gasteiger partial charge in [-0.1, -0.05) is 26.7 Å². The summed E-state index contributed by atoms with van der Waals surface area (Å²) in [6, 6.07) is 0. The standard InChI is InChI=1S/C18H25F5N2O3S/c1-3-5-9-25(10-6-4-2)29(27,28)11-7-8-24-18(26)12-13(19)15(21)17(23)16(22)14(12)20/h3-11H2,1-2H3,(H,24,26). The first-order valence-electron chi connectivity index (χ1n) is 9.35. The van der Waals surface area contributed by atoms with Gasteiger partial charge in [0.2, 0.25) is 15.8 Å². The smallest absolute Gasteiger partial charge is 0.257 e. The van der Waals surface area contributed by atoms with Gasteiger partial charge >= 0.3 is 0 Å². The van der Waals surface area contributed by atoms with E-state index >= 15 is 0 Å². The van der Waals surface area contributed by atoms with Gasteiger partial charge in [-0.15, -0.1) is 0 Å². The zero-order valence-electron chi connectivity index (χ0n) is 16.3. The third-order valence-corrected chi connectivity index (χ3v) is 6.17. The van der Waals surface area contributed by atoms with Gasteiger partial charge < -0.3 is 5.32 Å². The molecule has 0 atom stereocenters. The zero-order valence-corrected chi connectivity index (χ0v) is 17.2. The lowest BCUT2D eigenvalue weighted by atomic mass is 10.1. The molecule has 0 spiro atoms. The Morgan fingerprint density at radius 3 is 1.72 bits per heavy atom. The van der Waals surface area contributed by atoms with Crippen LogP contribution >= 0.6 is 0 Å². The molecule has 0 saturated heterocycles. The SMILES string of the molecule is CCCCN(CCCC)S(=O)(=O)CCCNC(=O)c1c(F)c(F)c(F)c(F)c1F. The minimum atomic E-state index is -3.60. The average molecular weight is 444 g/mol. The third kappa shape index (κ3) is 6.63. The molecule has 0 aliphatic rings. The zero-order chi connectivity index (χ0) is 22.2. The Labute approximate surface area is 167 Å². The van der Waals surface area contributed by atoms with E-state index in [0.29, 0.717) is 25.9 Å². The van der Waals surface area contributed by atoms with Crippen molar-refractivity contribution in [1.29, 1.82) is 0 Å². The van der Waals surface area contributed by atoms with Crippen LogP contribution in [0.15, 0.2) is 0 Å². The Bertz CT molecular complexity index is 781. The molecule has 1 amide bonds. The molecule has 11 heteroatoms. The van der Waals surface area contributed by atoms with Crippen molar-refractivity contribution in [3.63, 3.8) is 0 Å². The topological polar surface area (TPSA) is 66.5 Å². The van der Waals surface area contributed by atoms with Gasteiger partial charge in [0.25, 0.3) is 5.91 Å². The summed E-state index contributed by atoms with van der Waals surface area (Å²) < 4.78 is 92.8. The number of unbranched alkanes of at least 4 members (excludes halogenated alkanes) is 2. The molecule has 1 rings (SSSR count). The molecule has 1 N–H and O–H groups in total. The highest BCUT2D eigenvalue weighted by molar-refractivity contribution is 7.89. The van der Waals surface area contributed by atoms with Crippen molar-refractivity contribution in [1.82, 2.24) is 9.62 Å². The first-order chi connectivity index (χ1) is 13.6. The van der Waals surface area contributed by atoms with Crippen LogP contribution in [0.2, 0.25) is 0 Å². The summed E-state index contributed by atoms with van der Waals surface area (Å²) in [5.41, 5.74) is -1.60. The minimum absolute atomic E-state index is 0.0851. The molecule has 29 heavy (non-hydrogen) atoms. The van der Waals surface area contributed by atoms with E-state index < -0.39 is 50.6 Å². The predicted octanol–water partition coefficient (Wildman–Crippen LogP) is 3.73. The summed E-state index contributed by atoms with van der Waals surface area (Å²) >= 11 is 0. The molecular formula is C18H25F5N2O3S. The number of sulfonamides is 1. The summed E-state index contributed by atoms with van der Waals surface area (Å²) in [6.45, 7) is 4.29. The second-order valence-corrected chi connectivity index (χ2v) is 8.57. The molecular weight excluding hydrogens is 419 g/mol. The maximum absolute atomic E-state index is 13.6. The highest BCUT2D eigenvalue weighted by Gasteiger charge is 2.29. The molecule has 166 valence electrons. The Hall–Kier alpha value is -1.75. The maximum atomic E-state index is 13.6. The van der Waals surface area contributed by atoms with E-state index in [0.717, 1.165) is 12.8 Å². The molecule has 0 saturated carbocycles. The van der Waals surface area contributed by atoms with E-state index in [1.54, 1.807) is 0 Å². The summed E-state index contributed by atoms with van der Waals surface area (Å²) in [7, 11) is -3.60. The molecule has 0 aliphatic heterocycles. The summed E-state index contributed by atoms with van der Waals surface area (Å²) in [4.78, 5) is 11.8. The van der Waals surface area contributed by atoms with Crippen LogP contribution in [-0.2, 0) is 10.0 Å². The lowest BCUT2D eigenvalue weighted by Gasteiger charge is -2.22. The average Bonchev–Trinajstić information content (AvgIpc) is 2.68. The number of carbonyl (C=O) groups excluding carboxylic acids is 1. The van der Waals surface area contributed by atoms with Crippen LogP contribution in [0, 0.1) is 29.1 Å². The Morgan fingerprint density at radius 2 is 1.28 bits per heavy atom. The van der Waals surface area contributed by atoms with Crippen molar-refractivity contribution in [3.05, 3.63) is 34.6 Å². The third-order valence-electron chi connectivity index (χ3n) is 4.22. The summed E-state index contributed by atoms with van der Waals surface area (Å²) in [5.74, 6) is -13.1. The predicted molar refractivity (Wildman–Crippen MR) is 98.4 cm³/mol. The van der Waals surface area contributed by atoms with E-state index in [-0.39, 0.29) is 18.7 Å². The summed E-state index contributed by atoms with van der Waals surface area (Å²) in [5, 5.41) is 1.99. The molecule has 1 aromatic rings. The van der Waals surface area contributed by atoms with Gasteiger partial charge in [-0.2, -0.15) is 0 Å². The molecule has 0 heterocycles. The van der Waals surface area contributed by atoms with Gasteiger partial charge in [-0.05, 0) is 19.3 Å². The van der Waals surface area contributed by atoms with Crippen LogP contribution in [0.5, 0.6) is 0 Å². The monoisotopic (exact) mass is 444 g/mol. The van der Waals surface area contributed by atoms with E-state index in [9.17, 15) is 35.2 Å². The first kappa shape index (κ1) is 25.3. The highest BCUT2D eigenvalue weighted by Crippen LogP contribution is 2.22. The number of benzene rings is 1. The number of rotatable bonds is 12. The molecule has 5 nitrogen and oxygen atoms in total. The van der Waals surface area contributed by atoms with Crippen molar-refractivity contribution in [2.75, 3.05) is 25.4 Å². The fourth-order valence-electron chi connectivity index (χ4n) is 2.54. The lowest BCUT2D eigenvalue weighted by molar-refractivity contribution is 0.0942. The fraction of sp³-hybridized carbons (Fsp3) is 0.611. The molecule has 0 fully saturated rings. The number of hydrogen-bond acceptors (Lipinski definition) is 3. The van der Waals surface area contributed by atoms with Gasteiger partial charge in [0.1, 0.15) is 5.56 Å². The van der Waals surface area contributed by atoms with E-state index in [2.05, 4.69) is 0 Å². The van der Waals surface area contributed by atoms with Crippen molar-refractivity contribution in [3.8, 4) is 0 Å². The van der Waals surface area contributed by atoms with Crippen LogP contribution in [-0.4, -0.2) is 44.0 Å². The van der Waals surface area contributed by atoms with Crippen molar-refractivity contribution in [2.24, 2.45) is 0 Å². The largest absolute Gasteiger partial charge is 0.352 e. The lowest BCUT2D eigenvalue weighted by Crippen LogP contribution is -2.36. The van der Waals surface area contributed by atoms with Gasteiger partial charge in [-0.3, -0.25) is 4.79 Å². The van der Waals surface area contributed by atoms with Gasteiger partial charge in [0, 0.05) is 19.6 Å². The number of amides is 1. The number of hydrogen-bond donors (Lipinski definition) is 1. The molecule has 0 unspecified atom stereocenters. The van der Waals surface area contributed by atoms with Crippen LogP contribution in [0.3, 0.4) is 0 Å². The van der Waals surface area contributed by atoms with Gasteiger partial charge in [-0.25, -0.2) is 34.7 Å². The van der Waals surface area contributed by atoms with Crippen LogP contribution in [0.1, 0.15) is 56.3 Å². The van der Waals surface area contributed by atoms with Crippen LogP contribution < -0.4 is 5.32 Å². The van der Waals surface area contributed by atoms with Crippen molar-refractivity contribution < 1.29 is 35.2 Å². The maximum Gasteiger partial charge on any atom is 0.257 e. The summed E-state index contributed by atoms with van der Waals surface area (Å²) in [6.07, 6.45) is 2.93. The molecule has 0 aliphatic carbocycles. The fourth-order valence-corrected chi connectivity index (χ4v) is 4.12. The quantitative estimate of drug-likeness (QED) is 0.231. The minimum Gasteiger partial charge on any atom is -0.352 e. The molecule has 0 bridgehead atoms. The van der Waals surface area contributed by atoms with E-state index in [1.807, 2.05) is 19.2 Å². The second-order valence-electron chi connectivity index (χ2n) is 6.48. The normalized spacial score (nSPS) is 11.9. The number of nitrogens with one attached hydrogen (secondary N) is 1. The van der Waals surface area contributed by atoms with Crippen molar-refractivity contribution in [2.45, 2.75) is 46.0 Å². The highest BCUT2D eigenvalue weighted by atomic mass is 32.2. The van der Waals surface area contributed by atoms with Crippen molar-refractivity contribution >= 4 is 15.9 Å². The van der Waals surface area contributed by atoms with Gasteiger partial charge in [0.15, 0.2) is 23.3 Å². The Kier molecular flexibility index (Phi) is 9.97. The number of halogens is 5. The Morgan fingerprint density at radius 1 is 0.828 bits per heavy atom. The first-order valence-corrected chi connectivity index (χ1v) is 11.0. The number of carbonyl (C=O) groups is 1. The number of nitrogens with zero attached hydrogens (tertiary/aromatic N) is 1.